The molecule has 2 rings (SSSR count). The third-order valence-electron chi connectivity index (χ3n) is 2.89. The number of halogens is 2. The first-order chi connectivity index (χ1) is 9.22. The molecule has 2 aromatic rings. The minimum atomic E-state index is 0.693. The number of alkyl halides is 1. The Bertz CT molecular complexity index is 537. The molecule has 0 radical (unpaired) electrons. The van der Waals surface area contributed by atoms with Crippen molar-refractivity contribution in [3.63, 3.8) is 0 Å². The Morgan fingerprint density at radius 2 is 1.74 bits per heavy atom. The van der Waals surface area contributed by atoms with Crippen molar-refractivity contribution in [2.24, 2.45) is 0 Å². The number of hydrogen-bond donors (Lipinski definition) is 0. The van der Waals surface area contributed by atoms with Gasteiger partial charge in [-0.05, 0) is 48.2 Å². The highest BCUT2D eigenvalue weighted by atomic mass is 79.9. The molecule has 0 saturated carbocycles. The summed E-state index contributed by atoms with van der Waals surface area (Å²) in [6.07, 6.45) is 0.839. The third kappa shape index (κ3) is 3.99. The van der Waals surface area contributed by atoms with Crippen LogP contribution in [0.5, 0.6) is 5.75 Å². The molecule has 3 heteroatoms. The lowest BCUT2D eigenvalue weighted by Crippen LogP contribution is -1.93. The van der Waals surface area contributed by atoms with Crippen molar-refractivity contribution in [2.75, 3.05) is 6.61 Å². The standard InChI is InChI=1S/C16H16BrClO/c1-2-19-15-6-3-12(4-7-15)9-14-10-13(11-17)5-8-16(14)18/h3-8,10H,2,9,11H2,1H3. The fourth-order valence-corrected chi connectivity index (χ4v) is 2.47. The summed E-state index contributed by atoms with van der Waals surface area (Å²) in [5.74, 6) is 0.909. The largest absolute Gasteiger partial charge is 0.494 e. The molecule has 2 aromatic carbocycles. The van der Waals surface area contributed by atoms with Crippen molar-refractivity contribution in [3.8, 4) is 5.75 Å². The molecule has 0 unspecified atom stereocenters. The maximum Gasteiger partial charge on any atom is 0.119 e. The summed E-state index contributed by atoms with van der Waals surface area (Å²) in [4.78, 5) is 0. The summed E-state index contributed by atoms with van der Waals surface area (Å²) in [7, 11) is 0. The maximum absolute atomic E-state index is 6.24. The van der Waals surface area contributed by atoms with E-state index >= 15 is 0 Å². The van der Waals surface area contributed by atoms with Gasteiger partial charge in [0, 0.05) is 10.4 Å². The Kier molecular flexibility index (Phi) is 5.29. The van der Waals surface area contributed by atoms with Gasteiger partial charge in [-0.25, -0.2) is 0 Å². The molecule has 0 aliphatic rings. The highest BCUT2D eigenvalue weighted by molar-refractivity contribution is 9.08. The smallest absolute Gasteiger partial charge is 0.119 e. The van der Waals surface area contributed by atoms with Gasteiger partial charge in [0.2, 0.25) is 0 Å². The molecule has 1 nitrogen and oxygen atoms in total. The van der Waals surface area contributed by atoms with E-state index in [4.69, 9.17) is 16.3 Å². The molecule has 19 heavy (non-hydrogen) atoms. The van der Waals surface area contributed by atoms with Gasteiger partial charge in [-0.2, -0.15) is 0 Å². The van der Waals surface area contributed by atoms with Crippen LogP contribution in [0.2, 0.25) is 5.02 Å². The third-order valence-corrected chi connectivity index (χ3v) is 3.91. The first-order valence-electron chi connectivity index (χ1n) is 6.28. The average molecular weight is 340 g/mol. The van der Waals surface area contributed by atoms with Crippen LogP contribution < -0.4 is 4.74 Å². The van der Waals surface area contributed by atoms with Gasteiger partial charge in [0.25, 0.3) is 0 Å². The van der Waals surface area contributed by atoms with Crippen LogP contribution in [-0.4, -0.2) is 6.61 Å². The molecule has 0 spiro atoms. The zero-order valence-electron chi connectivity index (χ0n) is 10.8. The zero-order chi connectivity index (χ0) is 13.7. The summed E-state index contributed by atoms with van der Waals surface area (Å²) in [6.45, 7) is 2.68. The molecular weight excluding hydrogens is 324 g/mol. The fraction of sp³-hybridized carbons (Fsp3) is 0.250. The summed E-state index contributed by atoms with van der Waals surface area (Å²) in [6, 6.07) is 14.3. The number of ether oxygens (including phenoxy) is 1. The van der Waals surface area contributed by atoms with Gasteiger partial charge in [-0.1, -0.05) is 51.8 Å². The Morgan fingerprint density at radius 3 is 2.37 bits per heavy atom. The molecule has 100 valence electrons. The normalized spacial score (nSPS) is 10.5. The minimum absolute atomic E-state index is 0.693. The van der Waals surface area contributed by atoms with Crippen molar-refractivity contribution in [1.29, 1.82) is 0 Å². The topological polar surface area (TPSA) is 9.23 Å². The lowest BCUT2D eigenvalue weighted by atomic mass is 10.0. The summed E-state index contributed by atoms with van der Waals surface area (Å²) in [5, 5.41) is 1.67. The maximum atomic E-state index is 6.24. The van der Waals surface area contributed by atoms with E-state index in [1.54, 1.807) is 0 Å². The van der Waals surface area contributed by atoms with Crippen molar-refractivity contribution in [3.05, 3.63) is 64.2 Å². The van der Waals surface area contributed by atoms with E-state index in [0.29, 0.717) is 6.61 Å². The van der Waals surface area contributed by atoms with Gasteiger partial charge in [0.05, 0.1) is 6.61 Å². The van der Waals surface area contributed by atoms with Crippen LogP contribution in [0.4, 0.5) is 0 Å². The van der Waals surface area contributed by atoms with Crippen molar-refractivity contribution >= 4 is 27.5 Å². The summed E-state index contributed by atoms with van der Waals surface area (Å²) >= 11 is 9.71. The highest BCUT2D eigenvalue weighted by Crippen LogP contribution is 2.23. The van der Waals surface area contributed by atoms with E-state index < -0.39 is 0 Å². The molecule has 0 fully saturated rings. The van der Waals surface area contributed by atoms with E-state index in [0.717, 1.165) is 28.1 Å². The Balaban J connectivity index is 2.16. The van der Waals surface area contributed by atoms with E-state index in [1.165, 1.54) is 11.1 Å². The van der Waals surface area contributed by atoms with Crippen molar-refractivity contribution in [1.82, 2.24) is 0 Å². The van der Waals surface area contributed by atoms with Crippen molar-refractivity contribution in [2.45, 2.75) is 18.7 Å². The molecule has 0 N–H and O–H groups in total. The molecule has 0 atom stereocenters. The van der Waals surface area contributed by atoms with Gasteiger partial charge < -0.3 is 4.74 Å². The second-order valence-corrected chi connectivity index (χ2v) is 5.28. The number of benzene rings is 2. The van der Waals surface area contributed by atoms with Crippen molar-refractivity contribution < 1.29 is 4.74 Å². The molecule has 0 aliphatic heterocycles. The summed E-state index contributed by atoms with van der Waals surface area (Å²) < 4.78 is 5.44. The van der Waals surface area contributed by atoms with Crippen LogP contribution in [-0.2, 0) is 11.8 Å². The van der Waals surface area contributed by atoms with Gasteiger partial charge in [-0.15, -0.1) is 0 Å². The Hall–Kier alpha value is -0.990. The SMILES string of the molecule is CCOc1ccc(Cc2cc(CBr)ccc2Cl)cc1. The lowest BCUT2D eigenvalue weighted by molar-refractivity contribution is 0.340. The van der Waals surface area contributed by atoms with Gasteiger partial charge in [0.15, 0.2) is 0 Å². The molecular formula is C16H16BrClO. The van der Waals surface area contributed by atoms with Crippen LogP contribution in [0.15, 0.2) is 42.5 Å². The molecule has 0 saturated heterocycles. The van der Waals surface area contributed by atoms with Gasteiger partial charge in [-0.3, -0.25) is 0 Å². The predicted octanol–water partition coefficient (Wildman–Crippen LogP) is 5.22. The van der Waals surface area contributed by atoms with Gasteiger partial charge in [0.1, 0.15) is 5.75 Å². The van der Waals surface area contributed by atoms with E-state index in [1.807, 2.05) is 31.2 Å². The van der Waals surface area contributed by atoms with Crippen LogP contribution in [0.25, 0.3) is 0 Å². The first kappa shape index (κ1) is 14.4. The van der Waals surface area contributed by atoms with Crippen LogP contribution in [0.1, 0.15) is 23.6 Å². The number of hydrogen-bond acceptors (Lipinski definition) is 1. The van der Waals surface area contributed by atoms with Crippen LogP contribution in [0.3, 0.4) is 0 Å². The van der Waals surface area contributed by atoms with E-state index in [9.17, 15) is 0 Å². The predicted molar refractivity (Wildman–Crippen MR) is 84.5 cm³/mol. The monoisotopic (exact) mass is 338 g/mol. The summed E-state index contributed by atoms with van der Waals surface area (Å²) in [5.41, 5.74) is 3.63. The second kappa shape index (κ2) is 6.97. The quantitative estimate of drug-likeness (QED) is 0.678. The lowest BCUT2D eigenvalue weighted by Gasteiger charge is -2.08. The number of rotatable bonds is 5. The molecule has 0 amide bonds. The first-order valence-corrected chi connectivity index (χ1v) is 7.78. The molecule has 0 aromatic heterocycles. The molecule has 0 aliphatic carbocycles. The minimum Gasteiger partial charge on any atom is -0.494 e. The molecule has 0 bridgehead atoms. The highest BCUT2D eigenvalue weighted by Gasteiger charge is 2.04. The van der Waals surface area contributed by atoms with E-state index in [2.05, 4.69) is 34.1 Å². The van der Waals surface area contributed by atoms with Crippen LogP contribution in [0, 0.1) is 0 Å². The second-order valence-electron chi connectivity index (χ2n) is 4.31. The fourth-order valence-electron chi connectivity index (χ4n) is 1.94. The van der Waals surface area contributed by atoms with E-state index in [-0.39, 0.29) is 0 Å². The Labute approximate surface area is 127 Å². The Morgan fingerprint density at radius 1 is 1.05 bits per heavy atom. The zero-order valence-corrected chi connectivity index (χ0v) is 13.2. The van der Waals surface area contributed by atoms with Gasteiger partial charge >= 0.3 is 0 Å². The van der Waals surface area contributed by atoms with Crippen LogP contribution >= 0.6 is 27.5 Å². The average Bonchev–Trinajstić information content (AvgIpc) is 2.44. The molecule has 0 heterocycles.